The van der Waals surface area contributed by atoms with E-state index in [1.54, 1.807) is 4.90 Å². The van der Waals surface area contributed by atoms with Crippen molar-refractivity contribution in [1.29, 1.82) is 0 Å². The van der Waals surface area contributed by atoms with Crippen molar-refractivity contribution in [3.8, 4) is 0 Å². The van der Waals surface area contributed by atoms with Gasteiger partial charge in [-0.15, -0.1) is 0 Å². The lowest BCUT2D eigenvalue weighted by Crippen LogP contribution is -2.42. The Morgan fingerprint density at radius 2 is 1.64 bits per heavy atom. The molecule has 0 radical (unpaired) electrons. The molecule has 3 aromatic rings. The van der Waals surface area contributed by atoms with E-state index in [2.05, 4.69) is 59.5 Å². The average Bonchev–Trinajstić information content (AvgIpc) is 3.09. The van der Waals surface area contributed by atoms with Crippen molar-refractivity contribution in [1.82, 2.24) is 9.80 Å². The Labute approximate surface area is 148 Å². The normalized spacial score (nSPS) is 18.1. The van der Waals surface area contributed by atoms with Gasteiger partial charge in [-0.25, -0.2) is 0 Å². The zero-order valence-corrected chi connectivity index (χ0v) is 14.9. The molecule has 3 nitrogen and oxygen atoms in total. The van der Waals surface area contributed by atoms with Crippen LogP contribution in [0.5, 0.6) is 0 Å². The summed E-state index contributed by atoms with van der Waals surface area (Å²) in [6.07, 6.45) is 2.05. The molecular weight excluding hydrogens is 308 g/mol. The Bertz CT molecular complexity index is 878. The summed E-state index contributed by atoms with van der Waals surface area (Å²) in [5.74, 6) is 0.224. The molecule has 1 fully saturated rings. The zero-order chi connectivity index (χ0) is 17.4. The number of amides is 1. The lowest BCUT2D eigenvalue weighted by Gasteiger charge is -2.27. The molecule has 1 amide bonds. The summed E-state index contributed by atoms with van der Waals surface area (Å²) >= 11 is 0. The molecule has 0 aliphatic carbocycles. The molecule has 1 aliphatic heterocycles. The highest BCUT2D eigenvalue weighted by Gasteiger charge is 2.32. The molecule has 3 heteroatoms. The monoisotopic (exact) mass is 332 g/mol. The third kappa shape index (κ3) is 2.89. The van der Waals surface area contributed by atoms with E-state index in [1.165, 1.54) is 27.1 Å². The zero-order valence-electron chi connectivity index (χ0n) is 14.9. The molecule has 0 N–H and O–H groups in total. The predicted molar refractivity (Wildman–Crippen MR) is 104 cm³/mol. The van der Waals surface area contributed by atoms with Crippen LogP contribution >= 0.6 is 0 Å². The maximum atomic E-state index is 12.6. The minimum absolute atomic E-state index is 0.00716. The smallest absolute Gasteiger partial charge is 0.239 e. The van der Waals surface area contributed by atoms with Gasteiger partial charge in [0, 0.05) is 20.6 Å². The van der Waals surface area contributed by atoms with Crippen molar-refractivity contribution in [2.75, 3.05) is 20.6 Å². The maximum absolute atomic E-state index is 12.6. The number of likely N-dealkylation sites (N-methyl/N-ethyl adjacent to an activating group) is 1. The summed E-state index contributed by atoms with van der Waals surface area (Å²) in [5, 5.41) is 5.13. The van der Waals surface area contributed by atoms with Gasteiger partial charge in [-0.1, -0.05) is 48.5 Å². The molecule has 1 heterocycles. The Morgan fingerprint density at radius 1 is 1.04 bits per heavy atom. The Kier molecular flexibility index (Phi) is 4.18. The number of carbonyl (C=O) groups excluding carboxylic acids is 1. The van der Waals surface area contributed by atoms with Crippen LogP contribution in [0.1, 0.15) is 18.4 Å². The van der Waals surface area contributed by atoms with Crippen molar-refractivity contribution < 1.29 is 4.79 Å². The number of nitrogens with zero attached hydrogens (tertiary/aromatic N) is 2. The van der Waals surface area contributed by atoms with Gasteiger partial charge < -0.3 is 4.90 Å². The van der Waals surface area contributed by atoms with E-state index in [0.29, 0.717) is 0 Å². The second-order valence-corrected chi connectivity index (χ2v) is 7.16. The van der Waals surface area contributed by atoms with Crippen LogP contribution in [-0.4, -0.2) is 42.4 Å². The number of fused-ring (bicyclic) bond motifs is 2. The van der Waals surface area contributed by atoms with Gasteiger partial charge >= 0.3 is 0 Å². The first-order valence-corrected chi connectivity index (χ1v) is 9.00. The number of likely N-dealkylation sites (tertiary alicyclic amines) is 1. The van der Waals surface area contributed by atoms with Crippen molar-refractivity contribution in [2.24, 2.45) is 0 Å². The van der Waals surface area contributed by atoms with E-state index < -0.39 is 0 Å². The fourth-order valence-electron chi connectivity index (χ4n) is 4.07. The van der Waals surface area contributed by atoms with E-state index in [1.807, 2.05) is 14.1 Å². The van der Waals surface area contributed by atoms with Crippen molar-refractivity contribution in [2.45, 2.75) is 25.4 Å². The van der Waals surface area contributed by atoms with Crippen LogP contribution in [0.15, 0.2) is 54.6 Å². The van der Waals surface area contributed by atoms with E-state index in [0.717, 1.165) is 25.9 Å². The second-order valence-electron chi connectivity index (χ2n) is 7.16. The van der Waals surface area contributed by atoms with Crippen LogP contribution in [0, 0.1) is 0 Å². The van der Waals surface area contributed by atoms with Crippen LogP contribution in [0.25, 0.3) is 21.5 Å². The second kappa shape index (κ2) is 6.49. The first-order chi connectivity index (χ1) is 12.1. The highest BCUT2D eigenvalue weighted by molar-refractivity contribution is 6.02. The summed E-state index contributed by atoms with van der Waals surface area (Å²) in [5.41, 5.74) is 1.34. The molecule has 1 aliphatic rings. The van der Waals surface area contributed by atoms with E-state index >= 15 is 0 Å². The van der Waals surface area contributed by atoms with Crippen molar-refractivity contribution >= 4 is 27.5 Å². The number of hydrogen-bond acceptors (Lipinski definition) is 2. The van der Waals surface area contributed by atoms with E-state index in [-0.39, 0.29) is 11.9 Å². The molecule has 25 heavy (non-hydrogen) atoms. The van der Waals surface area contributed by atoms with Crippen molar-refractivity contribution in [3.05, 3.63) is 60.2 Å². The van der Waals surface area contributed by atoms with Crippen LogP contribution in [0.4, 0.5) is 0 Å². The van der Waals surface area contributed by atoms with Gasteiger partial charge in [-0.2, -0.15) is 0 Å². The fraction of sp³-hybridized carbons (Fsp3) is 0.318. The van der Waals surface area contributed by atoms with E-state index in [4.69, 9.17) is 0 Å². The maximum Gasteiger partial charge on any atom is 0.239 e. The molecule has 128 valence electrons. The summed E-state index contributed by atoms with van der Waals surface area (Å²) in [6, 6.07) is 19.4. The first-order valence-electron chi connectivity index (χ1n) is 9.00. The standard InChI is InChI=1S/C22H24N2O/c1-23(2)22(25)21-12-7-13-24(21)15-20-18-10-5-3-8-16(18)14-17-9-4-6-11-19(17)20/h3-6,8-11,14,21H,7,12-13,15H2,1-2H3/t21-/m0/s1. The van der Waals surface area contributed by atoms with Gasteiger partial charge in [0.25, 0.3) is 0 Å². The Hall–Kier alpha value is -2.39. The summed E-state index contributed by atoms with van der Waals surface area (Å²) in [7, 11) is 3.71. The molecule has 0 bridgehead atoms. The van der Waals surface area contributed by atoms with Crippen LogP contribution in [0.3, 0.4) is 0 Å². The highest BCUT2D eigenvalue weighted by atomic mass is 16.2. The van der Waals surface area contributed by atoms with Crippen molar-refractivity contribution in [3.63, 3.8) is 0 Å². The topological polar surface area (TPSA) is 23.6 Å². The lowest BCUT2D eigenvalue weighted by atomic mass is 9.96. The summed E-state index contributed by atoms with van der Waals surface area (Å²) in [4.78, 5) is 16.6. The summed E-state index contributed by atoms with van der Waals surface area (Å²) < 4.78 is 0. The number of hydrogen-bond donors (Lipinski definition) is 0. The Morgan fingerprint density at radius 3 is 2.24 bits per heavy atom. The van der Waals surface area contributed by atoms with Gasteiger partial charge in [0.2, 0.25) is 5.91 Å². The number of benzene rings is 3. The molecular formula is C22H24N2O. The molecule has 1 atom stereocenters. The van der Waals surface area contributed by atoms with Crippen LogP contribution in [-0.2, 0) is 11.3 Å². The summed E-state index contributed by atoms with van der Waals surface area (Å²) in [6.45, 7) is 1.81. The van der Waals surface area contributed by atoms with Gasteiger partial charge in [0.15, 0.2) is 0 Å². The number of carbonyl (C=O) groups is 1. The molecule has 3 aromatic carbocycles. The SMILES string of the molecule is CN(C)C(=O)[C@@H]1CCCN1Cc1c2ccccc2cc2ccccc12. The predicted octanol–water partition coefficient (Wildman–Crippen LogP) is 4.05. The molecule has 4 rings (SSSR count). The average molecular weight is 332 g/mol. The van der Waals surface area contributed by atoms with Crippen LogP contribution in [0.2, 0.25) is 0 Å². The lowest BCUT2D eigenvalue weighted by molar-refractivity contribution is -0.133. The molecule has 1 saturated heterocycles. The van der Waals surface area contributed by atoms with Crippen LogP contribution < -0.4 is 0 Å². The third-order valence-corrected chi connectivity index (χ3v) is 5.33. The highest BCUT2D eigenvalue weighted by Crippen LogP contribution is 2.31. The Balaban J connectivity index is 1.81. The number of rotatable bonds is 3. The molecule has 0 unspecified atom stereocenters. The minimum Gasteiger partial charge on any atom is -0.347 e. The van der Waals surface area contributed by atoms with Gasteiger partial charge in [0.05, 0.1) is 6.04 Å². The first kappa shape index (κ1) is 16.1. The third-order valence-electron chi connectivity index (χ3n) is 5.33. The quantitative estimate of drug-likeness (QED) is 0.676. The largest absolute Gasteiger partial charge is 0.347 e. The minimum atomic E-state index is 0.00716. The van der Waals surface area contributed by atoms with E-state index in [9.17, 15) is 4.79 Å². The molecule has 0 saturated carbocycles. The fourth-order valence-corrected chi connectivity index (χ4v) is 4.07. The molecule has 0 spiro atoms. The van der Waals surface area contributed by atoms with Gasteiger partial charge in [-0.05, 0) is 52.6 Å². The molecule has 0 aromatic heterocycles. The van der Waals surface area contributed by atoms with Gasteiger partial charge in [-0.3, -0.25) is 9.69 Å². The van der Waals surface area contributed by atoms with Gasteiger partial charge in [0.1, 0.15) is 0 Å².